The third kappa shape index (κ3) is 9.93. The number of nitrogens with zero attached hydrogens (tertiary/aromatic N) is 4. The van der Waals surface area contributed by atoms with Gasteiger partial charge in [0.05, 0.1) is 0 Å². The minimum atomic E-state index is -0.235. The van der Waals surface area contributed by atoms with E-state index in [1.165, 1.54) is 49.7 Å². The molecule has 0 unspecified atom stereocenters. The molecule has 9 heteroatoms. The van der Waals surface area contributed by atoms with Crippen molar-refractivity contribution in [3.05, 3.63) is 47.2 Å². The van der Waals surface area contributed by atoms with Gasteiger partial charge in [-0.3, -0.25) is 0 Å². The highest BCUT2D eigenvalue weighted by Crippen LogP contribution is 2.19. The summed E-state index contributed by atoms with van der Waals surface area (Å²) in [6, 6.07) is 11.5. The van der Waals surface area contributed by atoms with Crippen LogP contribution in [0.3, 0.4) is 0 Å². The van der Waals surface area contributed by atoms with Gasteiger partial charge in [-0.05, 0) is 71.2 Å². The highest BCUT2D eigenvalue weighted by molar-refractivity contribution is 5.75. The number of piperazine rings is 1. The van der Waals surface area contributed by atoms with Crippen molar-refractivity contribution in [2.24, 2.45) is 0 Å². The third-order valence-electron chi connectivity index (χ3n) is 7.58. The first kappa shape index (κ1) is 30.1. The molecule has 1 aromatic carbocycles. The molecular formula is C31H50N8O. The summed E-state index contributed by atoms with van der Waals surface area (Å²) in [6.45, 7) is 14.6. The normalized spacial score (nSPS) is 16.7. The van der Waals surface area contributed by atoms with Crippen molar-refractivity contribution in [3.63, 3.8) is 0 Å². The van der Waals surface area contributed by atoms with Gasteiger partial charge < -0.3 is 31.1 Å². The van der Waals surface area contributed by atoms with Gasteiger partial charge in [-0.25, -0.2) is 9.78 Å². The zero-order valence-electron chi connectivity index (χ0n) is 25.1. The van der Waals surface area contributed by atoms with Crippen molar-refractivity contribution in [3.8, 4) is 0 Å². The quantitative estimate of drug-likeness (QED) is 0.307. The van der Waals surface area contributed by atoms with Crippen molar-refractivity contribution >= 4 is 17.8 Å². The Bertz CT molecular complexity index is 1050. The Morgan fingerprint density at radius 2 is 1.60 bits per heavy atom. The number of hydrogen-bond acceptors (Lipinski definition) is 7. The van der Waals surface area contributed by atoms with Gasteiger partial charge in [0.2, 0.25) is 5.95 Å². The molecule has 4 rings (SSSR count). The van der Waals surface area contributed by atoms with Crippen molar-refractivity contribution in [1.82, 2.24) is 30.8 Å². The van der Waals surface area contributed by atoms with Gasteiger partial charge in [0.1, 0.15) is 5.82 Å². The summed E-state index contributed by atoms with van der Waals surface area (Å²) in [6.07, 6.45) is 8.05. The van der Waals surface area contributed by atoms with Crippen molar-refractivity contribution in [1.29, 1.82) is 0 Å². The van der Waals surface area contributed by atoms with Crippen molar-refractivity contribution in [2.75, 3.05) is 49.5 Å². The number of aryl methyl sites for hydroxylation is 1. The molecule has 1 saturated heterocycles. The number of hydrogen-bond donors (Lipinski definition) is 4. The number of carbonyl (C=O) groups is 1. The van der Waals surface area contributed by atoms with E-state index in [0.29, 0.717) is 25.6 Å². The fraction of sp³-hybridized carbons (Fsp3) is 0.645. The zero-order chi connectivity index (χ0) is 28.4. The highest BCUT2D eigenvalue weighted by atomic mass is 16.2. The molecule has 4 N–H and O–H groups in total. The Morgan fingerprint density at radius 1 is 0.925 bits per heavy atom. The van der Waals surface area contributed by atoms with E-state index >= 15 is 0 Å². The standard InChI is InChI=1S/C31H50N8O/c1-24-21-28(38-17-19-39(20-18-38)30(40)37-31(2,3)4)36-29(35-24)34-23-26-13-11-25(12-14-26)22-32-15-8-16-33-27-9-6-5-7-10-27/h11-14,21,27,32-33H,5-10,15-20,22-23H2,1-4H3,(H,37,40)(H,34,35,36). The maximum atomic E-state index is 12.5. The average Bonchev–Trinajstić information content (AvgIpc) is 2.94. The fourth-order valence-corrected chi connectivity index (χ4v) is 5.35. The Balaban J connectivity index is 1.17. The van der Waals surface area contributed by atoms with Gasteiger partial charge >= 0.3 is 6.03 Å². The molecule has 2 aliphatic rings. The number of amides is 2. The lowest BCUT2D eigenvalue weighted by atomic mass is 9.95. The van der Waals surface area contributed by atoms with Crippen LogP contribution in [0.15, 0.2) is 30.3 Å². The predicted molar refractivity (Wildman–Crippen MR) is 164 cm³/mol. The van der Waals surface area contributed by atoms with E-state index in [1.54, 1.807) is 0 Å². The summed E-state index contributed by atoms with van der Waals surface area (Å²) in [5.41, 5.74) is 3.19. The van der Waals surface area contributed by atoms with E-state index in [1.807, 2.05) is 38.7 Å². The second-order valence-electron chi connectivity index (χ2n) is 12.3. The van der Waals surface area contributed by atoms with Crippen LogP contribution in [-0.4, -0.2) is 71.7 Å². The molecule has 0 atom stereocenters. The lowest BCUT2D eigenvalue weighted by molar-refractivity contribution is 0.185. The molecule has 9 nitrogen and oxygen atoms in total. The average molecular weight is 551 g/mol. The van der Waals surface area contributed by atoms with Crippen LogP contribution in [0.25, 0.3) is 0 Å². The van der Waals surface area contributed by atoms with Gasteiger partial charge in [-0.2, -0.15) is 4.98 Å². The Labute approximate surface area is 240 Å². The fourth-order valence-electron chi connectivity index (χ4n) is 5.35. The predicted octanol–water partition coefficient (Wildman–Crippen LogP) is 4.43. The molecule has 2 amide bonds. The van der Waals surface area contributed by atoms with Crippen LogP contribution in [0.5, 0.6) is 0 Å². The van der Waals surface area contributed by atoms with Crippen LogP contribution in [0.1, 0.15) is 76.1 Å². The zero-order valence-corrected chi connectivity index (χ0v) is 25.1. The molecule has 0 bridgehead atoms. The number of benzene rings is 1. The monoisotopic (exact) mass is 550 g/mol. The van der Waals surface area contributed by atoms with Crippen LogP contribution in [0, 0.1) is 6.92 Å². The molecule has 2 aromatic rings. The summed E-state index contributed by atoms with van der Waals surface area (Å²) in [5, 5.41) is 13.7. The van der Waals surface area contributed by atoms with Crippen LogP contribution in [0.2, 0.25) is 0 Å². The van der Waals surface area contributed by atoms with E-state index in [0.717, 1.165) is 50.3 Å². The molecule has 1 aliphatic carbocycles. The topological polar surface area (TPSA) is 97.5 Å². The Hall–Kier alpha value is -2.91. The Kier molecular flexibility index (Phi) is 11.0. The van der Waals surface area contributed by atoms with Crippen LogP contribution < -0.4 is 26.2 Å². The summed E-state index contributed by atoms with van der Waals surface area (Å²) >= 11 is 0. The molecule has 1 aliphatic heterocycles. The van der Waals surface area contributed by atoms with Gasteiger partial charge in [-0.1, -0.05) is 43.5 Å². The summed E-state index contributed by atoms with van der Waals surface area (Å²) in [5.74, 6) is 1.54. The van der Waals surface area contributed by atoms with E-state index in [-0.39, 0.29) is 11.6 Å². The van der Waals surface area contributed by atoms with Crippen molar-refractivity contribution < 1.29 is 4.79 Å². The van der Waals surface area contributed by atoms with E-state index in [9.17, 15) is 4.79 Å². The maximum absolute atomic E-state index is 12.5. The number of urea groups is 1. The van der Waals surface area contributed by atoms with E-state index < -0.39 is 0 Å². The summed E-state index contributed by atoms with van der Waals surface area (Å²) < 4.78 is 0. The molecule has 220 valence electrons. The molecule has 2 heterocycles. The molecule has 0 radical (unpaired) electrons. The molecule has 1 saturated carbocycles. The van der Waals surface area contributed by atoms with E-state index in [2.05, 4.69) is 55.4 Å². The van der Waals surface area contributed by atoms with Gasteiger partial charge in [0, 0.05) is 62.6 Å². The summed E-state index contributed by atoms with van der Waals surface area (Å²) in [4.78, 5) is 26.0. The maximum Gasteiger partial charge on any atom is 0.317 e. The molecule has 40 heavy (non-hydrogen) atoms. The number of aromatic nitrogens is 2. The van der Waals surface area contributed by atoms with Gasteiger partial charge in [-0.15, -0.1) is 0 Å². The first-order valence-corrected chi connectivity index (χ1v) is 15.2. The van der Waals surface area contributed by atoms with Gasteiger partial charge in [0.15, 0.2) is 0 Å². The smallest absolute Gasteiger partial charge is 0.317 e. The largest absolute Gasteiger partial charge is 0.353 e. The number of carbonyl (C=O) groups excluding carboxylic acids is 1. The second kappa shape index (κ2) is 14.6. The SMILES string of the molecule is Cc1cc(N2CCN(C(=O)NC(C)(C)C)CC2)nc(NCc2ccc(CNCCCNC3CCCCC3)cc2)n1. The molecular weight excluding hydrogens is 500 g/mol. The van der Waals surface area contributed by atoms with Crippen molar-refractivity contribution in [2.45, 2.75) is 90.9 Å². The molecule has 0 spiro atoms. The Morgan fingerprint density at radius 3 is 2.27 bits per heavy atom. The first-order chi connectivity index (χ1) is 19.2. The lowest BCUT2D eigenvalue weighted by Crippen LogP contribution is -2.55. The minimum Gasteiger partial charge on any atom is -0.353 e. The van der Waals surface area contributed by atoms with Crippen LogP contribution in [-0.2, 0) is 13.1 Å². The van der Waals surface area contributed by atoms with Crippen LogP contribution in [0.4, 0.5) is 16.6 Å². The molecule has 2 fully saturated rings. The highest BCUT2D eigenvalue weighted by Gasteiger charge is 2.25. The lowest BCUT2D eigenvalue weighted by Gasteiger charge is -2.37. The number of nitrogens with one attached hydrogen (secondary N) is 4. The number of anilines is 2. The molecule has 1 aromatic heterocycles. The summed E-state index contributed by atoms with van der Waals surface area (Å²) in [7, 11) is 0. The third-order valence-corrected chi connectivity index (χ3v) is 7.58. The minimum absolute atomic E-state index is 0.00247. The first-order valence-electron chi connectivity index (χ1n) is 15.2. The number of rotatable bonds is 11. The van der Waals surface area contributed by atoms with E-state index in [4.69, 9.17) is 4.98 Å². The van der Waals surface area contributed by atoms with Crippen LogP contribution >= 0.6 is 0 Å². The second-order valence-corrected chi connectivity index (χ2v) is 12.3. The van der Waals surface area contributed by atoms with Gasteiger partial charge in [0.25, 0.3) is 0 Å².